The maximum absolute atomic E-state index is 12.3. The summed E-state index contributed by atoms with van der Waals surface area (Å²) in [6.07, 6.45) is 1.45. The molecule has 0 aliphatic carbocycles. The van der Waals surface area contributed by atoms with E-state index in [4.69, 9.17) is 13.6 Å². The van der Waals surface area contributed by atoms with Gasteiger partial charge < -0.3 is 13.6 Å². The van der Waals surface area contributed by atoms with Gasteiger partial charge in [-0.2, -0.15) is 5.10 Å². The number of rotatable bonds is 4. The predicted octanol–water partition coefficient (Wildman–Crippen LogP) is 3.04. The summed E-state index contributed by atoms with van der Waals surface area (Å²) in [7, 11) is 1.80. The number of aryl methyl sites for hydroxylation is 2. The van der Waals surface area contributed by atoms with Gasteiger partial charge in [-0.3, -0.25) is 4.68 Å². The zero-order valence-electron chi connectivity index (χ0n) is 13.8. The van der Waals surface area contributed by atoms with Crippen molar-refractivity contribution >= 4 is 32.9 Å². The molecule has 0 spiro atoms. The van der Waals surface area contributed by atoms with Gasteiger partial charge in [0.2, 0.25) is 0 Å². The molecule has 4 rings (SSSR count). The van der Waals surface area contributed by atoms with Crippen molar-refractivity contribution in [1.29, 1.82) is 0 Å². The van der Waals surface area contributed by atoms with Crippen LogP contribution in [0.5, 0.6) is 0 Å². The fraction of sp³-hybridized carbons (Fsp3) is 0.188. The summed E-state index contributed by atoms with van der Waals surface area (Å²) in [5.41, 5.74) is 1.81. The summed E-state index contributed by atoms with van der Waals surface area (Å²) in [5, 5.41) is 12.8. The van der Waals surface area contributed by atoms with Crippen LogP contribution in [0.2, 0.25) is 0 Å². The zero-order chi connectivity index (χ0) is 18.3. The number of carbonyl (C=O) groups is 1. The van der Waals surface area contributed by atoms with Crippen LogP contribution in [0.25, 0.3) is 22.7 Å². The van der Waals surface area contributed by atoms with Crippen molar-refractivity contribution in [3.63, 3.8) is 0 Å². The highest BCUT2D eigenvalue weighted by atomic mass is 79.9. The Labute approximate surface area is 155 Å². The van der Waals surface area contributed by atoms with Crippen LogP contribution in [0.3, 0.4) is 0 Å². The quantitative estimate of drug-likeness (QED) is 0.466. The number of hydrogen-bond donors (Lipinski definition) is 0. The number of hydrogen-bond acceptors (Lipinski definition) is 8. The molecule has 0 aliphatic heterocycles. The molecule has 26 heavy (non-hydrogen) atoms. The number of esters is 1. The lowest BCUT2D eigenvalue weighted by atomic mass is 10.2. The number of pyridine rings is 1. The van der Waals surface area contributed by atoms with Crippen LogP contribution in [0, 0.1) is 6.92 Å². The lowest BCUT2D eigenvalue weighted by Gasteiger charge is -2.02. The Morgan fingerprint density at radius 3 is 2.92 bits per heavy atom. The summed E-state index contributed by atoms with van der Waals surface area (Å²) in [6, 6.07) is 5.10. The van der Waals surface area contributed by atoms with Crippen molar-refractivity contribution in [2.24, 2.45) is 7.05 Å². The number of furan rings is 1. The van der Waals surface area contributed by atoms with Gasteiger partial charge in [0, 0.05) is 18.6 Å². The Morgan fingerprint density at radius 2 is 2.15 bits per heavy atom. The van der Waals surface area contributed by atoms with Gasteiger partial charge in [-0.1, -0.05) is 0 Å². The largest absolute Gasteiger partial charge is 0.452 e. The van der Waals surface area contributed by atoms with Crippen molar-refractivity contribution in [2.45, 2.75) is 13.5 Å². The van der Waals surface area contributed by atoms with E-state index in [0.717, 1.165) is 11.1 Å². The molecule has 4 aromatic rings. The van der Waals surface area contributed by atoms with Crippen LogP contribution in [-0.2, 0) is 18.4 Å². The monoisotopic (exact) mass is 417 g/mol. The van der Waals surface area contributed by atoms with Crippen LogP contribution < -0.4 is 0 Å². The zero-order valence-corrected chi connectivity index (χ0v) is 15.3. The van der Waals surface area contributed by atoms with E-state index < -0.39 is 5.97 Å². The van der Waals surface area contributed by atoms with Gasteiger partial charge in [0.25, 0.3) is 11.8 Å². The van der Waals surface area contributed by atoms with E-state index in [0.29, 0.717) is 21.6 Å². The third-order valence-electron chi connectivity index (χ3n) is 3.68. The smallest absolute Gasteiger partial charge is 0.340 e. The summed E-state index contributed by atoms with van der Waals surface area (Å²) in [6.45, 7) is 1.70. The van der Waals surface area contributed by atoms with Gasteiger partial charge >= 0.3 is 5.97 Å². The first kappa shape index (κ1) is 16.5. The second-order valence-electron chi connectivity index (χ2n) is 5.49. The fourth-order valence-electron chi connectivity index (χ4n) is 2.47. The summed E-state index contributed by atoms with van der Waals surface area (Å²) in [4.78, 5) is 16.5. The van der Waals surface area contributed by atoms with Crippen molar-refractivity contribution in [1.82, 2.24) is 25.0 Å². The highest BCUT2D eigenvalue weighted by Crippen LogP contribution is 2.24. The maximum Gasteiger partial charge on any atom is 0.340 e. The SMILES string of the molecule is Cc1nn(C)c2ncc(C(=O)OCc3nnc(-c4ccc(Br)o4)o3)cc12. The van der Waals surface area contributed by atoms with E-state index in [2.05, 4.69) is 36.2 Å². The molecule has 0 bridgehead atoms. The third kappa shape index (κ3) is 2.99. The fourth-order valence-corrected chi connectivity index (χ4v) is 2.78. The summed E-state index contributed by atoms with van der Waals surface area (Å²) >= 11 is 3.20. The molecule has 0 amide bonds. The van der Waals surface area contributed by atoms with E-state index in [1.54, 1.807) is 29.9 Å². The summed E-state index contributed by atoms with van der Waals surface area (Å²) < 4.78 is 18.2. The summed E-state index contributed by atoms with van der Waals surface area (Å²) in [5.74, 6) is 0.245. The van der Waals surface area contributed by atoms with Gasteiger partial charge in [-0.25, -0.2) is 9.78 Å². The minimum Gasteiger partial charge on any atom is -0.452 e. The standard InChI is InChI=1S/C16H12BrN5O4/c1-8-10-5-9(6-18-14(10)22(2)21-8)16(23)24-7-13-19-20-15(26-13)11-3-4-12(17)25-11/h3-6H,7H2,1-2H3. The van der Waals surface area contributed by atoms with E-state index >= 15 is 0 Å². The molecule has 0 aliphatic rings. The number of aromatic nitrogens is 5. The molecule has 0 aromatic carbocycles. The van der Waals surface area contributed by atoms with Gasteiger partial charge in [0.1, 0.15) is 0 Å². The molecule has 0 unspecified atom stereocenters. The second-order valence-corrected chi connectivity index (χ2v) is 6.27. The lowest BCUT2D eigenvalue weighted by molar-refractivity contribution is 0.0438. The molecule has 4 heterocycles. The van der Waals surface area contributed by atoms with Crippen molar-refractivity contribution < 1.29 is 18.4 Å². The Morgan fingerprint density at radius 1 is 1.31 bits per heavy atom. The molecule has 0 N–H and O–H groups in total. The first-order chi connectivity index (χ1) is 12.5. The Hall–Kier alpha value is -3.01. The average molecular weight is 418 g/mol. The molecule has 0 fully saturated rings. The van der Waals surface area contributed by atoms with Crippen LogP contribution in [0.15, 0.2) is 37.9 Å². The molecular weight excluding hydrogens is 406 g/mol. The number of carbonyl (C=O) groups excluding carboxylic acids is 1. The Kier molecular flexibility index (Phi) is 4.03. The first-order valence-corrected chi connectivity index (χ1v) is 8.35. The van der Waals surface area contributed by atoms with Gasteiger partial charge in [0.15, 0.2) is 22.7 Å². The number of nitrogens with zero attached hydrogens (tertiary/aromatic N) is 5. The van der Waals surface area contributed by atoms with E-state index in [-0.39, 0.29) is 18.4 Å². The molecule has 10 heteroatoms. The highest BCUT2D eigenvalue weighted by molar-refractivity contribution is 9.10. The van der Waals surface area contributed by atoms with Crippen molar-refractivity contribution in [2.75, 3.05) is 0 Å². The van der Waals surface area contributed by atoms with Gasteiger partial charge in [-0.05, 0) is 41.1 Å². The number of ether oxygens (including phenoxy) is 1. The van der Waals surface area contributed by atoms with E-state index in [9.17, 15) is 4.79 Å². The van der Waals surface area contributed by atoms with Crippen LogP contribution in [-0.4, -0.2) is 30.9 Å². The molecular formula is C16H12BrN5O4. The number of fused-ring (bicyclic) bond motifs is 1. The topological polar surface area (TPSA) is 109 Å². The van der Waals surface area contributed by atoms with Crippen molar-refractivity contribution in [3.05, 3.63) is 46.2 Å². The second kappa shape index (κ2) is 6.37. The van der Waals surface area contributed by atoms with Crippen LogP contribution >= 0.6 is 15.9 Å². The van der Waals surface area contributed by atoms with E-state index in [1.165, 1.54) is 6.20 Å². The third-order valence-corrected chi connectivity index (χ3v) is 4.10. The van der Waals surface area contributed by atoms with Crippen LogP contribution in [0.1, 0.15) is 21.9 Å². The molecule has 9 nitrogen and oxygen atoms in total. The number of halogens is 1. The lowest BCUT2D eigenvalue weighted by Crippen LogP contribution is -2.06. The van der Waals surface area contributed by atoms with Gasteiger partial charge in [0.05, 0.1) is 11.3 Å². The van der Waals surface area contributed by atoms with Gasteiger partial charge in [-0.15, -0.1) is 10.2 Å². The minimum absolute atomic E-state index is 0.155. The highest BCUT2D eigenvalue weighted by Gasteiger charge is 2.16. The molecule has 0 atom stereocenters. The molecule has 0 saturated heterocycles. The Balaban J connectivity index is 1.47. The first-order valence-electron chi connectivity index (χ1n) is 7.56. The van der Waals surface area contributed by atoms with Crippen molar-refractivity contribution in [3.8, 4) is 11.7 Å². The Bertz CT molecular complexity index is 1110. The molecule has 4 aromatic heterocycles. The molecule has 132 valence electrons. The predicted molar refractivity (Wildman–Crippen MR) is 92.1 cm³/mol. The molecule has 0 saturated carbocycles. The average Bonchev–Trinajstić information content (AvgIpc) is 3.33. The maximum atomic E-state index is 12.3. The van der Waals surface area contributed by atoms with E-state index in [1.807, 2.05) is 6.92 Å². The minimum atomic E-state index is -0.539. The normalized spacial score (nSPS) is 11.2. The molecule has 0 radical (unpaired) electrons. The van der Waals surface area contributed by atoms with Crippen LogP contribution in [0.4, 0.5) is 0 Å².